The standard InChI is InChI=1S/C12H23NO3/c1-9-3-5-10(6-4-9)16-11(14)7-12(2,15)8-13/h9-10,15H,3-8,13H2,1-2H3. The predicted molar refractivity (Wildman–Crippen MR) is 61.8 cm³/mol. The predicted octanol–water partition coefficient (Wildman–Crippen LogP) is 1.21. The third-order valence-corrected chi connectivity index (χ3v) is 3.23. The molecule has 0 aromatic carbocycles. The smallest absolute Gasteiger partial charge is 0.309 e. The molecule has 0 heterocycles. The number of hydrogen-bond donors (Lipinski definition) is 2. The number of hydrogen-bond acceptors (Lipinski definition) is 4. The molecule has 1 rings (SSSR count). The number of carbonyl (C=O) groups excluding carboxylic acids is 1. The second-order valence-electron chi connectivity index (χ2n) is 5.25. The van der Waals surface area contributed by atoms with Crippen LogP contribution in [-0.2, 0) is 9.53 Å². The van der Waals surface area contributed by atoms with Crippen LogP contribution in [0.1, 0.15) is 46.0 Å². The third kappa shape index (κ3) is 4.49. The van der Waals surface area contributed by atoms with Crippen molar-refractivity contribution in [2.24, 2.45) is 11.7 Å². The molecule has 0 amide bonds. The van der Waals surface area contributed by atoms with E-state index in [2.05, 4.69) is 6.92 Å². The summed E-state index contributed by atoms with van der Waals surface area (Å²) in [7, 11) is 0. The molecule has 1 fully saturated rings. The third-order valence-electron chi connectivity index (χ3n) is 3.23. The second kappa shape index (κ2) is 5.64. The lowest BCUT2D eigenvalue weighted by atomic mass is 9.89. The van der Waals surface area contributed by atoms with Crippen molar-refractivity contribution >= 4 is 5.97 Å². The number of nitrogens with two attached hydrogens (primary N) is 1. The van der Waals surface area contributed by atoms with Crippen LogP contribution in [0.5, 0.6) is 0 Å². The Balaban J connectivity index is 2.29. The monoisotopic (exact) mass is 229 g/mol. The Morgan fingerprint density at radius 1 is 1.44 bits per heavy atom. The van der Waals surface area contributed by atoms with Crippen LogP contribution in [-0.4, -0.2) is 29.3 Å². The van der Waals surface area contributed by atoms with Crippen LogP contribution in [0.2, 0.25) is 0 Å². The van der Waals surface area contributed by atoms with E-state index in [9.17, 15) is 9.90 Å². The zero-order valence-corrected chi connectivity index (χ0v) is 10.2. The van der Waals surface area contributed by atoms with Gasteiger partial charge in [0, 0.05) is 6.54 Å². The Bertz CT molecular complexity index is 232. The number of ether oxygens (including phenoxy) is 1. The fraction of sp³-hybridized carbons (Fsp3) is 0.917. The van der Waals surface area contributed by atoms with Gasteiger partial charge in [0.15, 0.2) is 0 Å². The minimum absolute atomic E-state index is 0.0183. The van der Waals surface area contributed by atoms with E-state index in [1.807, 2.05) is 0 Å². The molecule has 0 saturated heterocycles. The summed E-state index contributed by atoms with van der Waals surface area (Å²) in [5, 5.41) is 9.64. The molecule has 1 aliphatic carbocycles. The topological polar surface area (TPSA) is 72.5 Å². The molecular formula is C12H23NO3. The number of aliphatic hydroxyl groups is 1. The summed E-state index contributed by atoms with van der Waals surface area (Å²) < 4.78 is 5.32. The lowest BCUT2D eigenvalue weighted by Gasteiger charge is -2.27. The molecule has 94 valence electrons. The maximum atomic E-state index is 11.5. The average Bonchev–Trinajstić information content (AvgIpc) is 2.21. The van der Waals surface area contributed by atoms with Crippen LogP contribution in [0, 0.1) is 5.92 Å². The van der Waals surface area contributed by atoms with Crippen LogP contribution in [0.25, 0.3) is 0 Å². The van der Waals surface area contributed by atoms with E-state index >= 15 is 0 Å². The van der Waals surface area contributed by atoms with E-state index in [0.717, 1.165) is 31.6 Å². The Labute approximate surface area is 97.2 Å². The second-order valence-corrected chi connectivity index (χ2v) is 5.25. The fourth-order valence-corrected chi connectivity index (χ4v) is 1.96. The molecule has 0 spiro atoms. The first-order chi connectivity index (χ1) is 7.43. The molecule has 4 nitrogen and oxygen atoms in total. The zero-order chi connectivity index (χ0) is 12.2. The van der Waals surface area contributed by atoms with E-state index in [4.69, 9.17) is 10.5 Å². The van der Waals surface area contributed by atoms with Crippen molar-refractivity contribution in [3.63, 3.8) is 0 Å². The van der Waals surface area contributed by atoms with E-state index in [1.165, 1.54) is 0 Å². The van der Waals surface area contributed by atoms with Gasteiger partial charge >= 0.3 is 5.97 Å². The molecular weight excluding hydrogens is 206 g/mol. The normalized spacial score (nSPS) is 29.5. The Hall–Kier alpha value is -0.610. The highest BCUT2D eigenvalue weighted by atomic mass is 16.5. The van der Waals surface area contributed by atoms with Crippen LogP contribution < -0.4 is 5.73 Å². The molecule has 1 unspecified atom stereocenters. The maximum absolute atomic E-state index is 11.5. The molecule has 0 aliphatic heterocycles. The first-order valence-corrected chi connectivity index (χ1v) is 6.05. The Morgan fingerprint density at radius 2 is 2.00 bits per heavy atom. The fourth-order valence-electron chi connectivity index (χ4n) is 1.96. The molecule has 4 heteroatoms. The summed E-state index contributed by atoms with van der Waals surface area (Å²) in [6, 6.07) is 0. The molecule has 0 bridgehead atoms. The molecule has 0 aromatic rings. The van der Waals surface area contributed by atoms with E-state index < -0.39 is 5.60 Å². The summed E-state index contributed by atoms with van der Waals surface area (Å²) >= 11 is 0. The highest BCUT2D eigenvalue weighted by molar-refractivity contribution is 5.70. The average molecular weight is 229 g/mol. The molecule has 3 N–H and O–H groups in total. The summed E-state index contributed by atoms with van der Waals surface area (Å²) in [6.45, 7) is 3.85. The lowest BCUT2D eigenvalue weighted by Crippen LogP contribution is -2.38. The van der Waals surface area contributed by atoms with Crippen molar-refractivity contribution in [2.75, 3.05) is 6.54 Å². The van der Waals surface area contributed by atoms with Crippen LogP contribution in [0.3, 0.4) is 0 Å². The van der Waals surface area contributed by atoms with Gasteiger partial charge in [-0.1, -0.05) is 6.92 Å². The lowest BCUT2D eigenvalue weighted by molar-refractivity contribution is -0.155. The minimum atomic E-state index is -1.14. The summed E-state index contributed by atoms with van der Waals surface area (Å²) in [4.78, 5) is 11.5. The van der Waals surface area contributed by atoms with Gasteiger partial charge in [0.05, 0.1) is 12.0 Å². The van der Waals surface area contributed by atoms with Gasteiger partial charge in [-0.05, 0) is 38.5 Å². The Kier molecular flexibility index (Phi) is 4.74. The van der Waals surface area contributed by atoms with Crippen molar-refractivity contribution in [3.8, 4) is 0 Å². The maximum Gasteiger partial charge on any atom is 0.309 e. The Morgan fingerprint density at radius 3 is 2.50 bits per heavy atom. The zero-order valence-electron chi connectivity index (χ0n) is 10.2. The van der Waals surface area contributed by atoms with E-state index in [0.29, 0.717) is 0 Å². The number of rotatable bonds is 4. The van der Waals surface area contributed by atoms with E-state index in [-0.39, 0.29) is 25.0 Å². The quantitative estimate of drug-likeness (QED) is 0.711. The summed E-state index contributed by atoms with van der Waals surface area (Å²) in [5.41, 5.74) is 4.21. The van der Waals surface area contributed by atoms with Crippen molar-refractivity contribution in [3.05, 3.63) is 0 Å². The summed E-state index contributed by atoms with van der Waals surface area (Å²) in [6.07, 6.45) is 4.14. The van der Waals surface area contributed by atoms with Gasteiger partial charge in [-0.15, -0.1) is 0 Å². The molecule has 0 aromatic heterocycles. The molecule has 1 saturated carbocycles. The van der Waals surface area contributed by atoms with Crippen molar-refractivity contribution in [1.82, 2.24) is 0 Å². The molecule has 16 heavy (non-hydrogen) atoms. The molecule has 0 radical (unpaired) electrons. The number of esters is 1. The first-order valence-electron chi connectivity index (χ1n) is 6.05. The van der Waals surface area contributed by atoms with Gasteiger partial charge in [-0.2, -0.15) is 0 Å². The SMILES string of the molecule is CC1CCC(OC(=O)CC(C)(O)CN)CC1. The minimum Gasteiger partial charge on any atom is -0.462 e. The molecule has 1 aliphatic rings. The van der Waals surface area contributed by atoms with Gasteiger partial charge in [-0.25, -0.2) is 0 Å². The van der Waals surface area contributed by atoms with Crippen molar-refractivity contribution in [1.29, 1.82) is 0 Å². The highest BCUT2D eigenvalue weighted by Crippen LogP contribution is 2.26. The van der Waals surface area contributed by atoms with Gasteiger partial charge in [0.25, 0.3) is 0 Å². The van der Waals surface area contributed by atoms with Crippen LogP contribution in [0.15, 0.2) is 0 Å². The van der Waals surface area contributed by atoms with Gasteiger partial charge in [-0.3, -0.25) is 4.79 Å². The highest BCUT2D eigenvalue weighted by Gasteiger charge is 2.27. The van der Waals surface area contributed by atoms with Crippen LogP contribution >= 0.6 is 0 Å². The van der Waals surface area contributed by atoms with E-state index in [1.54, 1.807) is 6.92 Å². The van der Waals surface area contributed by atoms with Crippen LogP contribution in [0.4, 0.5) is 0 Å². The summed E-state index contributed by atoms with van der Waals surface area (Å²) in [5.74, 6) is 0.400. The van der Waals surface area contributed by atoms with Gasteiger partial charge in [0.2, 0.25) is 0 Å². The van der Waals surface area contributed by atoms with Crippen molar-refractivity contribution in [2.45, 2.75) is 57.7 Å². The van der Waals surface area contributed by atoms with Gasteiger partial charge < -0.3 is 15.6 Å². The number of carbonyl (C=O) groups is 1. The van der Waals surface area contributed by atoms with Gasteiger partial charge in [0.1, 0.15) is 6.10 Å². The van der Waals surface area contributed by atoms with Crippen molar-refractivity contribution < 1.29 is 14.6 Å². The first kappa shape index (κ1) is 13.5. The molecule has 1 atom stereocenters. The largest absolute Gasteiger partial charge is 0.462 e.